The molecular weight excluding hydrogens is 324 g/mol. The highest BCUT2D eigenvalue weighted by atomic mass is 16.5. The molecule has 0 bridgehead atoms. The van der Waals surface area contributed by atoms with Gasteiger partial charge in [0.2, 0.25) is 0 Å². The van der Waals surface area contributed by atoms with E-state index in [1.165, 1.54) is 0 Å². The number of amides is 1. The van der Waals surface area contributed by atoms with Crippen LogP contribution in [0.4, 0.5) is 5.69 Å². The lowest BCUT2D eigenvalue weighted by molar-refractivity contribution is 0.102. The number of benzene rings is 3. The summed E-state index contributed by atoms with van der Waals surface area (Å²) in [6.45, 7) is 0.758. The smallest absolute Gasteiger partial charge is 0.255 e. The molecule has 26 heavy (non-hydrogen) atoms. The van der Waals surface area contributed by atoms with Crippen LogP contribution in [0.25, 0.3) is 0 Å². The van der Waals surface area contributed by atoms with Crippen molar-refractivity contribution in [2.45, 2.75) is 6.54 Å². The van der Waals surface area contributed by atoms with Crippen molar-refractivity contribution in [2.24, 2.45) is 0 Å². The van der Waals surface area contributed by atoms with Gasteiger partial charge in [-0.3, -0.25) is 4.79 Å². The Hall–Kier alpha value is -3.11. The summed E-state index contributed by atoms with van der Waals surface area (Å²) in [4.78, 5) is 14.7. The van der Waals surface area contributed by atoms with Crippen molar-refractivity contribution < 1.29 is 9.53 Å². The molecule has 132 valence electrons. The highest BCUT2D eigenvalue weighted by Gasteiger charge is 2.10. The van der Waals surface area contributed by atoms with Crippen LogP contribution in [0.15, 0.2) is 78.9 Å². The summed E-state index contributed by atoms with van der Waals surface area (Å²) in [5.41, 5.74) is 2.45. The zero-order valence-corrected chi connectivity index (χ0v) is 15.0. The first-order valence-corrected chi connectivity index (χ1v) is 8.49. The van der Waals surface area contributed by atoms with Gasteiger partial charge in [0, 0.05) is 17.8 Å². The number of hydrogen-bond acceptors (Lipinski definition) is 3. The minimum Gasteiger partial charge on any atom is -0.457 e. The Morgan fingerprint density at radius 3 is 2.35 bits per heavy atom. The summed E-state index contributed by atoms with van der Waals surface area (Å²) in [6.07, 6.45) is 0. The molecule has 0 radical (unpaired) electrons. The van der Waals surface area contributed by atoms with Gasteiger partial charge in [-0.1, -0.05) is 42.5 Å². The van der Waals surface area contributed by atoms with Crippen LogP contribution in [-0.4, -0.2) is 24.9 Å². The number of anilines is 1. The van der Waals surface area contributed by atoms with Crippen molar-refractivity contribution in [1.29, 1.82) is 0 Å². The molecule has 0 unspecified atom stereocenters. The Kier molecular flexibility index (Phi) is 5.66. The lowest BCUT2D eigenvalue weighted by Crippen LogP contribution is -2.16. The summed E-state index contributed by atoms with van der Waals surface area (Å²) in [5, 5.41) is 3.00. The highest BCUT2D eigenvalue weighted by molar-refractivity contribution is 6.04. The molecule has 0 saturated heterocycles. The van der Waals surface area contributed by atoms with Crippen molar-refractivity contribution in [3.8, 4) is 11.5 Å². The number of hydrogen-bond donors (Lipinski definition) is 1. The second-order valence-corrected chi connectivity index (χ2v) is 6.29. The monoisotopic (exact) mass is 346 g/mol. The van der Waals surface area contributed by atoms with Crippen molar-refractivity contribution in [2.75, 3.05) is 19.4 Å². The first-order chi connectivity index (χ1) is 12.6. The molecule has 4 nitrogen and oxygen atoms in total. The number of nitrogens with one attached hydrogen (secondary N) is 1. The van der Waals surface area contributed by atoms with E-state index < -0.39 is 0 Å². The van der Waals surface area contributed by atoms with Crippen LogP contribution in [-0.2, 0) is 6.54 Å². The van der Waals surface area contributed by atoms with E-state index in [9.17, 15) is 4.79 Å². The third-order valence-electron chi connectivity index (χ3n) is 3.83. The van der Waals surface area contributed by atoms with Gasteiger partial charge in [0.05, 0.1) is 0 Å². The molecule has 0 saturated carbocycles. The molecule has 3 aromatic rings. The van der Waals surface area contributed by atoms with Gasteiger partial charge in [-0.25, -0.2) is 0 Å². The first kappa shape index (κ1) is 17.7. The van der Waals surface area contributed by atoms with E-state index in [0.717, 1.165) is 23.5 Å². The average molecular weight is 346 g/mol. The van der Waals surface area contributed by atoms with Crippen molar-refractivity contribution in [1.82, 2.24) is 4.90 Å². The first-order valence-electron chi connectivity index (χ1n) is 8.49. The fourth-order valence-corrected chi connectivity index (χ4v) is 2.64. The van der Waals surface area contributed by atoms with Crippen LogP contribution in [0.1, 0.15) is 15.9 Å². The summed E-state index contributed by atoms with van der Waals surface area (Å²) in [6, 6.07) is 24.5. The number of para-hydroxylation sites is 2. The number of rotatable bonds is 6. The average Bonchev–Trinajstić information content (AvgIpc) is 2.64. The molecule has 0 aliphatic heterocycles. The second-order valence-electron chi connectivity index (χ2n) is 6.29. The van der Waals surface area contributed by atoms with Crippen LogP contribution < -0.4 is 10.1 Å². The third kappa shape index (κ3) is 4.71. The summed E-state index contributed by atoms with van der Waals surface area (Å²) in [7, 11) is 4.01. The van der Waals surface area contributed by atoms with Crippen molar-refractivity contribution >= 4 is 11.6 Å². The normalized spacial score (nSPS) is 10.6. The molecular formula is C22H22N2O2. The Morgan fingerprint density at radius 2 is 1.58 bits per heavy atom. The molecule has 4 heteroatoms. The maximum atomic E-state index is 12.7. The second kappa shape index (κ2) is 8.32. The van der Waals surface area contributed by atoms with Crippen LogP contribution in [0.2, 0.25) is 0 Å². The molecule has 1 amide bonds. The predicted octanol–water partition coefficient (Wildman–Crippen LogP) is 4.79. The Balaban J connectivity index is 1.76. The topological polar surface area (TPSA) is 41.6 Å². The van der Waals surface area contributed by atoms with Gasteiger partial charge < -0.3 is 15.0 Å². The summed E-state index contributed by atoms with van der Waals surface area (Å²) < 4.78 is 5.81. The zero-order chi connectivity index (χ0) is 18.4. The van der Waals surface area contributed by atoms with E-state index >= 15 is 0 Å². The number of ether oxygens (including phenoxy) is 1. The molecule has 3 rings (SSSR count). The summed E-state index contributed by atoms with van der Waals surface area (Å²) >= 11 is 0. The SMILES string of the molecule is CN(C)Cc1ccccc1NC(=O)c1cccc(Oc2ccccc2)c1. The van der Waals surface area contributed by atoms with Gasteiger partial charge in [0.25, 0.3) is 5.91 Å². The fourth-order valence-electron chi connectivity index (χ4n) is 2.64. The van der Waals surface area contributed by atoms with Crippen LogP contribution in [0.5, 0.6) is 11.5 Å². The molecule has 3 aromatic carbocycles. The maximum absolute atomic E-state index is 12.7. The van der Waals surface area contributed by atoms with Gasteiger partial charge in [-0.2, -0.15) is 0 Å². The van der Waals surface area contributed by atoms with Gasteiger partial charge >= 0.3 is 0 Å². The lowest BCUT2D eigenvalue weighted by atomic mass is 10.1. The minimum atomic E-state index is -0.158. The van der Waals surface area contributed by atoms with E-state index in [4.69, 9.17) is 4.74 Å². The number of carbonyl (C=O) groups is 1. The van der Waals surface area contributed by atoms with E-state index in [-0.39, 0.29) is 5.91 Å². The molecule has 0 atom stereocenters. The van der Waals surface area contributed by atoms with Crippen LogP contribution in [0.3, 0.4) is 0 Å². The van der Waals surface area contributed by atoms with E-state index in [0.29, 0.717) is 11.3 Å². The molecule has 0 aliphatic carbocycles. The Bertz CT molecular complexity index is 876. The number of carbonyl (C=O) groups excluding carboxylic acids is 1. The van der Waals surface area contributed by atoms with Gasteiger partial charge in [0.1, 0.15) is 11.5 Å². The zero-order valence-electron chi connectivity index (χ0n) is 15.0. The molecule has 1 N–H and O–H groups in total. The molecule has 0 fully saturated rings. The van der Waals surface area contributed by atoms with Gasteiger partial charge in [-0.15, -0.1) is 0 Å². The van der Waals surface area contributed by atoms with Gasteiger partial charge in [-0.05, 0) is 56.1 Å². The third-order valence-corrected chi connectivity index (χ3v) is 3.83. The fraction of sp³-hybridized carbons (Fsp3) is 0.136. The Morgan fingerprint density at radius 1 is 0.885 bits per heavy atom. The summed E-state index contributed by atoms with van der Waals surface area (Å²) in [5.74, 6) is 1.21. The molecule has 0 spiro atoms. The van der Waals surface area contributed by atoms with E-state index in [2.05, 4.69) is 10.2 Å². The van der Waals surface area contributed by atoms with E-state index in [1.807, 2.05) is 80.8 Å². The highest BCUT2D eigenvalue weighted by Crippen LogP contribution is 2.23. The van der Waals surface area contributed by atoms with Crippen LogP contribution in [0, 0.1) is 0 Å². The molecule has 0 aromatic heterocycles. The molecule has 0 aliphatic rings. The largest absolute Gasteiger partial charge is 0.457 e. The predicted molar refractivity (Wildman–Crippen MR) is 105 cm³/mol. The quantitative estimate of drug-likeness (QED) is 0.697. The van der Waals surface area contributed by atoms with Gasteiger partial charge in [0.15, 0.2) is 0 Å². The van der Waals surface area contributed by atoms with Crippen molar-refractivity contribution in [3.05, 3.63) is 90.0 Å². The Labute approximate surface area is 154 Å². The van der Waals surface area contributed by atoms with E-state index in [1.54, 1.807) is 12.1 Å². The van der Waals surface area contributed by atoms with Crippen molar-refractivity contribution in [3.63, 3.8) is 0 Å². The standard InChI is InChI=1S/C22H22N2O2/c1-24(2)16-18-9-6-7-14-21(18)23-22(25)17-10-8-13-20(15-17)26-19-11-4-3-5-12-19/h3-15H,16H2,1-2H3,(H,23,25). The molecule has 0 heterocycles. The number of nitrogens with zero attached hydrogens (tertiary/aromatic N) is 1. The minimum absolute atomic E-state index is 0.158. The lowest BCUT2D eigenvalue weighted by Gasteiger charge is -2.15. The van der Waals surface area contributed by atoms with Crippen LogP contribution >= 0.6 is 0 Å². The maximum Gasteiger partial charge on any atom is 0.255 e.